The SMILES string of the molecule is CC1CCCN(CC(O)CN(C)Cc2ccccc2)C1. The van der Waals surface area contributed by atoms with E-state index < -0.39 is 0 Å². The first kappa shape index (κ1) is 15.5. The third kappa shape index (κ3) is 5.23. The van der Waals surface area contributed by atoms with Crippen molar-refractivity contribution in [2.75, 3.05) is 33.2 Å². The molecule has 2 rings (SSSR count). The van der Waals surface area contributed by atoms with Crippen LogP contribution in [0.15, 0.2) is 30.3 Å². The van der Waals surface area contributed by atoms with Crippen LogP contribution in [0, 0.1) is 5.92 Å². The summed E-state index contributed by atoms with van der Waals surface area (Å²) in [4.78, 5) is 4.61. The Morgan fingerprint density at radius 2 is 2.10 bits per heavy atom. The Morgan fingerprint density at radius 3 is 2.80 bits per heavy atom. The monoisotopic (exact) mass is 276 g/mol. The normalized spacial score (nSPS) is 22.1. The fourth-order valence-electron chi connectivity index (χ4n) is 3.13. The first-order valence-corrected chi connectivity index (χ1v) is 7.76. The molecule has 3 heteroatoms. The van der Waals surface area contributed by atoms with E-state index in [0.717, 1.165) is 38.6 Å². The van der Waals surface area contributed by atoms with Crippen LogP contribution in [0.3, 0.4) is 0 Å². The van der Waals surface area contributed by atoms with Crippen LogP contribution < -0.4 is 0 Å². The summed E-state index contributed by atoms with van der Waals surface area (Å²) in [7, 11) is 2.08. The van der Waals surface area contributed by atoms with Gasteiger partial charge in [0, 0.05) is 26.2 Å². The zero-order valence-electron chi connectivity index (χ0n) is 12.8. The van der Waals surface area contributed by atoms with E-state index in [0.29, 0.717) is 0 Å². The van der Waals surface area contributed by atoms with Gasteiger partial charge in [0.25, 0.3) is 0 Å². The number of aliphatic hydroxyl groups is 1. The minimum absolute atomic E-state index is 0.256. The lowest BCUT2D eigenvalue weighted by molar-refractivity contribution is 0.0634. The second-order valence-electron chi connectivity index (χ2n) is 6.34. The highest BCUT2D eigenvalue weighted by atomic mass is 16.3. The molecule has 0 radical (unpaired) electrons. The number of hydrogen-bond donors (Lipinski definition) is 1. The topological polar surface area (TPSA) is 26.7 Å². The van der Waals surface area contributed by atoms with Crippen LogP contribution in [-0.2, 0) is 6.54 Å². The molecule has 2 unspecified atom stereocenters. The van der Waals surface area contributed by atoms with Gasteiger partial charge >= 0.3 is 0 Å². The van der Waals surface area contributed by atoms with Crippen LogP contribution in [0.25, 0.3) is 0 Å². The molecule has 0 spiro atoms. The maximum atomic E-state index is 10.3. The smallest absolute Gasteiger partial charge is 0.0793 e. The van der Waals surface area contributed by atoms with E-state index in [1.54, 1.807) is 0 Å². The van der Waals surface area contributed by atoms with Gasteiger partial charge in [-0.3, -0.25) is 4.90 Å². The van der Waals surface area contributed by atoms with Gasteiger partial charge < -0.3 is 10.0 Å². The minimum Gasteiger partial charge on any atom is -0.390 e. The molecule has 1 aromatic carbocycles. The predicted octanol–water partition coefficient (Wildman–Crippen LogP) is 2.21. The lowest BCUT2D eigenvalue weighted by atomic mass is 10.00. The van der Waals surface area contributed by atoms with Gasteiger partial charge in [0.15, 0.2) is 0 Å². The van der Waals surface area contributed by atoms with Gasteiger partial charge in [-0.05, 0) is 37.9 Å². The summed E-state index contributed by atoms with van der Waals surface area (Å²) in [5.74, 6) is 0.776. The molecule has 1 aliphatic rings. The van der Waals surface area contributed by atoms with Crippen molar-refractivity contribution >= 4 is 0 Å². The van der Waals surface area contributed by atoms with Gasteiger partial charge in [0.2, 0.25) is 0 Å². The lowest BCUT2D eigenvalue weighted by Gasteiger charge is -2.33. The molecule has 1 aromatic rings. The number of rotatable bonds is 6. The van der Waals surface area contributed by atoms with E-state index in [1.807, 2.05) is 6.07 Å². The Kier molecular flexibility index (Phi) is 6.02. The summed E-state index contributed by atoms with van der Waals surface area (Å²) in [5.41, 5.74) is 1.30. The average molecular weight is 276 g/mol. The van der Waals surface area contributed by atoms with Crippen LogP contribution in [0.2, 0.25) is 0 Å². The largest absolute Gasteiger partial charge is 0.390 e. The number of aliphatic hydroxyl groups excluding tert-OH is 1. The van der Waals surface area contributed by atoms with Crippen LogP contribution in [0.1, 0.15) is 25.3 Å². The number of hydrogen-bond acceptors (Lipinski definition) is 3. The van der Waals surface area contributed by atoms with Crippen LogP contribution in [-0.4, -0.2) is 54.2 Å². The van der Waals surface area contributed by atoms with Crippen molar-refractivity contribution in [1.29, 1.82) is 0 Å². The van der Waals surface area contributed by atoms with Crippen molar-refractivity contribution in [1.82, 2.24) is 9.80 Å². The Balaban J connectivity index is 1.72. The van der Waals surface area contributed by atoms with E-state index in [-0.39, 0.29) is 6.10 Å². The highest BCUT2D eigenvalue weighted by Crippen LogP contribution is 2.15. The molecule has 0 saturated carbocycles. The third-order valence-corrected chi connectivity index (χ3v) is 4.03. The second kappa shape index (κ2) is 7.77. The van der Waals surface area contributed by atoms with Crippen molar-refractivity contribution in [2.24, 2.45) is 5.92 Å². The molecule has 0 aliphatic carbocycles. The van der Waals surface area contributed by atoms with Crippen LogP contribution >= 0.6 is 0 Å². The van der Waals surface area contributed by atoms with Crippen molar-refractivity contribution in [2.45, 2.75) is 32.4 Å². The molecule has 1 heterocycles. The van der Waals surface area contributed by atoms with Gasteiger partial charge in [-0.25, -0.2) is 0 Å². The van der Waals surface area contributed by atoms with Gasteiger partial charge in [0.1, 0.15) is 0 Å². The fourth-order valence-corrected chi connectivity index (χ4v) is 3.13. The molecule has 0 aromatic heterocycles. The second-order valence-corrected chi connectivity index (χ2v) is 6.34. The van der Waals surface area contributed by atoms with E-state index in [2.05, 4.69) is 48.0 Å². The summed E-state index contributed by atoms with van der Waals surface area (Å²) < 4.78 is 0. The minimum atomic E-state index is -0.256. The predicted molar refractivity (Wildman–Crippen MR) is 83.6 cm³/mol. The molecule has 3 nitrogen and oxygen atoms in total. The summed E-state index contributed by atoms with van der Waals surface area (Å²) in [5, 5.41) is 10.3. The first-order chi connectivity index (χ1) is 9.63. The highest BCUT2D eigenvalue weighted by molar-refractivity contribution is 5.14. The Morgan fingerprint density at radius 1 is 1.35 bits per heavy atom. The molecule has 1 fully saturated rings. The lowest BCUT2D eigenvalue weighted by Crippen LogP contribution is -2.42. The molecule has 2 atom stereocenters. The third-order valence-electron chi connectivity index (χ3n) is 4.03. The maximum absolute atomic E-state index is 10.3. The number of likely N-dealkylation sites (N-methyl/N-ethyl adjacent to an activating group) is 1. The molecular weight excluding hydrogens is 248 g/mol. The zero-order chi connectivity index (χ0) is 14.4. The molecule has 1 N–H and O–H groups in total. The highest BCUT2D eigenvalue weighted by Gasteiger charge is 2.19. The Bertz CT molecular complexity index is 382. The molecule has 112 valence electrons. The standard InChI is InChI=1S/C17H28N2O/c1-15-7-6-10-19(11-15)14-17(20)13-18(2)12-16-8-4-3-5-9-16/h3-5,8-9,15,17,20H,6-7,10-14H2,1-2H3. The van der Waals surface area contributed by atoms with E-state index in [4.69, 9.17) is 0 Å². The van der Waals surface area contributed by atoms with Crippen molar-refractivity contribution in [3.8, 4) is 0 Å². The van der Waals surface area contributed by atoms with Crippen molar-refractivity contribution in [3.05, 3.63) is 35.9 Å². The van der Waals surface area contributed by atoms with Crippen LogP contribution in [0.5, 0.6) is 0 Å². The summed E-state index contributed by atoms with van der Waals surface area (Å²) in [6.45, 7) is 7.03. The van der Waals surface area contributed by atoms with Crippen molar-refractivity contribution in [3.63, 3.8) is 0 Å². The van der Waals surface area contributed by atoms with E-state index in [9.17, 15) is 5.11 Å². The Labute approximate surface area is 123 Å². The van der Waals surface area contributed by atoms with Crippen LogP contribution in [0.4, 0.5) is 0 Å². The quantitative estimate of drug-likeness (QED) is 0.863. The molecule has 20 heavy (non-hydrogen) atoms. The molecule has 1 aliphatic heterocycles. The summed E-state index contributed by atoms with van der Waals surface area (Å²) in [6.07, 6.45) is 2.35. The number of nitrogens with zero attached hydrogens (tertiary/aromatic N) is 2. The number of β-amino-alcohol motifs (C(OH)–C–C–N with tert-alkyl or cyclic N) is 1. The molecular formula is C17H28N2O. The van der Waals surface area contributed by atoms with Gasteiger partial charge in [0.05, 0.1) is 6.10 Å². The number of benzene rings is 1. The van der Waals surface area contributed by atoms with E-state index >= 15 is 0 Å². The molecule has 1 saturated heterocycles. The Hall–Kier alpha value is -0.900. The van der Waals surface area contributed by atoms with Gasteiger partial charge in [-0.15, -0.1) is 0 Å². The summed E-state index contributed by atoms with van der Waals surface area (Å²) >= 11 is 0. The van der Waals surface area contributed by atoms with Gasteiger partial charge in [-0.1, -0.05) is 37.3 Å². The zero-order valence-corrected chi connectivity index (χ0v) is 12.8. The van der Waals surface area contributed by atoms with E-state index in [1.165, 1.54) is 18.4 Å². The number of piperidine rings is 1. The van der Waals surface area contributed by atoms with Crippen molar-refractivity contribution < 1.29 is 5.11 Å². The summed E-state index contributed by atoms with van der Waals surface area (Å²) in [6, 6.07) is 10.4. The molecule has 0 bridgehead atoms. The number of likely N-dealkylation sites (tertiary alicyclic amines) is 1. The molecule has 0 amide bonds. The maximum Gasteiger partial charge on any atom is 0.0793 e. The average Bonchev–Trinajstić information content (AvgIpc) is 2.39. The first-order valence-electron chi connectivity index (χ1n) is 7.76. The van der Waals surface area contributed by atoms with Gasteiger partial charge in [-0.2, -0.15) is 0 Å². The fraction of sp³-hybridized carbons (Fsp3) is 0.647.